The maximum Gasteiger partial charge on any atom is 0.259 e. The van der Waals surface area contributed by atoms with E-state index in [0.717, 1.165) is 31.0 Å². The second kappa shape index (κ2) is 7.09. The molecule has 1 heterocycles. The van der Waals surface area contributed by atoms with Gasteiger partial charge in [0.05, 0.1) is 5.56 Å². The maximum atomic E-state index is 12.2. The fourth-order valence-electron chi connectivity index (χ4n) is 2.17. The second-order valence-corrected chi connectivity index (χ2v) is 5.15. The van der Waals surface area contributed by atoms with Crippen molar-refractivity contribution >= 4 is 11.6 Å². The van der Waals surface area contributed by atoms with Crippen LogP contribution in [-0.2, 0) is 6.54 Å². The number of anilines is 1. The van der Waals surface area contributed by atoms with Crippen LogP contribution >= 0.6 is 0 Å². The number of hydrogen-bond donors (Lipinski definition) is 2. The minimum Gasteiger partial charge on any atom is -0.466 e. The largest absolute Gasteiger partial charge is 0.466 e. The molecule has 0 aliphatic rings. The van der Waals surface area contributed by atoms with Crippen molar-refractivity contribution in [2.24, 2.45) is 0 Å². The van der Waals surface area contributed by atoms with Crippen LogP contribution in [0, 0.1) is 13.8 Å². The minimum atomic E-state index is -0.138. The molecular formula is C17H22N2O2. The molecule has 0 saturated heterocycles. The van der Waals surface area contributed by atoms with Crippen LogP contribution in [0.1, 0.15) is 40.8 Å². The first-order valence-corrected chi connectivity index (χ1v) is 7.28. The summed E-state index contributed by atoms with van der Waals surface area (Å²) < 4.78 is 5.38. The number of carbonyl (C=O) groups excluding carboxylic acids is 1. The predicted octanol–water partition coefficient (Wildman–Crippen LogP) is 3.65. The summed E-state index contributed by atoms with van der Waals surface area (Å²) >= 11 is 0. The lowest BCUT2D eigenvalue weighted by molar-refractivity contribution is 0.102. The topological polar surface area (TPSA) is 54.3 Å². The number of carbonyl (C=O) groups is 1. The maximum absolute atomic E-state index is 12.2. The van der Waals surface area contributed by atoms with Crippen LogP contribution < -0.4 is 10.6 Å². The van der Waals surface area contributed by atoms with E-state index in [1.54, 1.807) is 13.0 Å². The Morgan fingerprint density at radius 1 is 1.19 bits per heavy atom. The molecule has 0 radical (unpaired) electrons. The van der Waals surface area contributed by atoms with E-state index in [1.165, 1.54) is 5.56 Å². The first-order chi connectivity index (χ1) is 10.1. The molecule has 112 valence electrons. The molecule has 0 aliphatic heterocycles. The van der Waals surface area contributed by atoms with E-state index in [1.807, 2.05) is 31.2 Å². The Morgan fingerprint density at radius 2 is 1.90 bits per heavy atom. The Labute approximate surface area is 125 Å². The van der Waals surface area contributed by atoms with Crippen LogP contribution in [0.15, 0.2) is 34.7 Å². The zero-order chi connectivity index (χ0) is 15.2. The van der Waals surface area contributed by atoms with E-state index in [4.69, 9.17) is 4.42 Å². The van der Waals surface area contributed by atoms with E-state index in [0.29, 0.717) is 11.3 Å². The number of benzene rings is 1. The summed E-state index contributed by atoms with van der Waals surface area (Å²) in [4.78, 5) is 12.2. The van der Waals surface area contributed by atoms with Gasteiger partial charge in [0.2, 0.25) is 0 Å². The highest BCUT2D eigenvalue weighted by molar-refractivity contribution is 6.05. The Balaban J connectivity index is 1.96. The van der Waals surface area contributed by atoms with E-state index in [-0.39, 0.29) is 5.91 Å². The zero-order valence-corrected chi connectivity index (χ0v) is 12.8. The second-order valence-electron chi connectivity index (χ2n) is 5.15. The van der Waals surface area contributed by atoms with Gasteiger partial charge >= 0.3 is 0 Å². The van der Waals surface area contributed by atoms with E-state index >= 15 is 0 Å². The Morgan fingerprint density at radius 3 is 2.48 bits per heavy atom. The molecule has 0 spiro atoms. The molecule has 1 amide bonds. The van der Waals surface area contributed by atoms with Gasteiger partial charge in [-0.1, -0.05) is 19.1 Å². The molecule has 2 N–H and O–H groups in total. The Kier molecular flexibility index (Phi) is 5.17. The SMILES string of the molecule is CCCNCc1ccc(NC(=O)c2cc(C)oc2C)cc1. The smallest absolute Gasteiger partial charge is 0.259 e. The molecule has 4 heteroatoms. The van der Waals surface area contributed by atoms with Crippen LogP contribution in [0.3, 0.4) is 0 Å². The predicted molar refractivity (Wildman–Crippen MR) is 84.6 cm³/mol. The third-order valence-electron chi connectivity index (χ3n) is 3.25. The first-order valence-electron chi connectivity index (χ1n) is 7.28. The number of amides is 1. The fourth-order valence-corrected chi connectivity index (χ4v) is 2.17. The van der Waals surface area contributed by atoms with Crippen LogP contribution in [-0.4, -0.2) is 12.5 Å². The van der Waals surface area contributed by atoms with Crippen molar-refractivity contribution in [2.75, 3.05) is 11.9 Å². The van der Waals surface area contributed by atoms with Gasteiger partial charge in [0.15, 0.2) is 0 Å². The Bertz CT molecular complexity index is 600. The minimum absolute atomic E-state index is 0.138. The number of hydrogen-bond acceptors (Lipinski definition) is 3. The highest BCUT2D eigenvalue weighted by atomic mass is 16.3. The highest BCUT2D eigenvalue weighted by Gasteiger charge is 2.13. The van der Waals surface area contributed by atoms with Crippen molar-refractivity contribution < 1.29 is 9.21 Å². The van der Waals surface area contributed by atoms with Gasteiger partial charge in [0.1, 0.15) is 11.5 Å². The molecule has 2 rings (SSSR count). The molecule has 4 nitrogen and oxygen atoms in total. The average Bonchev–Trinajstić information content (AvgIpc) is 2.80. The molecule has 0 bridgehead atoms. The van der Waals surface area contributed by atoms with Gasteiger partial charge in [-0.2, -0.15) is 0 Å². The van der Waals surface area contributed by atoms with Crippen LogP contribution in [0.4, 0.5) is 5.69 Å². The normalized spacial score (nSPS) is 10.6. The molecule has 0 atom stereocenters. The van der Waals surface area contributed by atoms with Crippen LogP contribution in [0.5, 0.6) is 0 Å². The number of nitrogens with one attached hydrogen (secondary N) is 2. The van der Waals surface area contributed by atoms with Crippen molar-refractivity contribution in [1.29, 1.82) is 0 Å². The summed E-state index contributed by atoms with van der Waals surface area (Å²) in [6.45, 7) is 7.64. The quantitative estimate of drug-likeness (QED) is 0.797. The van der Waals surface area contributed by atoms with E-state index in [9.17, 15) is 4.79 Å². The number of aryl methyl sites for hydroxylation is 2. The van der Waals surface area contributed by atoms with E-state index < -0.39 is 0 Å². The summed E-state index contributed by atoms with van der Waals surface area (Å²) in [5.74, 6) is 1.25. The lowest BCUT2D eigenvalue weighted by Gasteiger charge is -2.07. The summed E-state index contributed by atoms with van der Waals surface area (Å²) in [5.41, 5.74) is 2.58. The fraction of sp³-hybridized carbons (Fsp3) is 0.353. The van der Waals surface area contributed by atoms with Gasteiger partial charge in [0.25, 0.3) is 5.91 Å². The van der Waals surface area contributed by atoms with Gasteiger partial charge in [-0.15, -0.1) is 0 Å². The molecule has 0 saturated carbocycles. The first kappa shape index (κ1) is 15.3. The van der Waals surface area contributed by atoms with Crippen molar-refractivity contribution in [3.8, 4) is 0 Å². The van der Waals surface area contributed by atoms with Crippen molar-refractivity contribution in [3.63, 3.8) is 0 Å². The third-order valence-corrected chi connectivity index (χ3v) is 3.25. The molecule has 0 unspecified atom stereocenters. The van der Waals surface area contributed by atoms with E-state index in [2.05, 4.69) is 17.6 Å². The standard InChI is InChI=1S/C17H22N2O2/c1-4-9-18-11-14-5-7-15(8-6-14)19-17(20)16-10-12(2)21-13(16)3/h5-8,10,18H,4,9,11H2,1-3H3,(H,19,20). The zero-order valence-electron chi connectivity index (χ0n) is 12.8. The summed E-state index contributed by atoms with van der Waals surface area (Å²) in [5, 5.41) is 6.24. The molecule has 0 fully saturated rings. The van der Waals surface area contributed by atoms with Crippen LogP contribution in [0.2, 0.25) is 0 Å². The summed E-state index contributed by atoms with van der Waals surface area (Å²) in [6.07, 6.45) is 1.12. The molecular weight excluding hydrogens is 264 g/mol. The van der Waals surface area contributed by atoms with Crippen molar-refractivity contribution in [1.82, 2.24) is 5.32 Å². The van der Waals surface area contributed by atoms with Gasteiger partial charge in [0, 0.05) is 12.2 Å². The average molecular weight is 286 g/mol. The van der Waals surface area contributed by atoms with Crippen molar-refractivity contribution in [2.45, 2.75) is 33.7 Å². The molecule has 0 aliphatic carbocycles. The van der Waals surface area contributed by atoms with Crippen LogP contribution in [0.25, 0.3) is 0 Å². The summed E-state index contributed by atoms with van der Waals surface area (Å²) in [6, 6.07) is 9.64. The number of rotatable bonds is 6. The molecule has 21 heavy (non-hydrogen) atoms. The van der Waals surface area contributed by atoms with Gasteiger partial charge in [-0.25, -0.2) is 0 Å². The van der Waals surface area contributed by atoms with Gasteiger partial charge in [-0.3, -0.25) is 4.79 Å². The number of furan rings is 1. The van der Waals surface area contributed by atoms with Gasteiger partial charge < -0.3 is 15.1 Å². The summed E-state index contributed by atoms with van der Waals surface area (Å²) in [7, 11) is 0. The highest BCUT2D eigenvalue weighted by Crippen LogP contribution is 2.16. The molecule has 2 aromatic rings. The lowest BCUT2D eigenvalue weighted by atomic mass is 10.2. The van der Waals surface area contributed by atoms with Gasteiger partial charge in [-0.05, 0) is 50.6 Å². The third kappa shape index (κ3) is 4.20. The molecule has 1 aromatic carbocycles. The molecule has 1 aromatic heterocycles. The lowest BCUT2D eigenvalue weighted by Crippen LogP contribution is -2.14. The monoisotopic (exact) mass is 286 g/mol. The van der Waals surface area contributed by atoms with Crippen molar-refractivity contribution in [3.05, 3.63) is 53.0 Å². The Hall–Kier alpha value is -2.07.